The second-order valence-corrected chi connectivity index (χ2v) is 8.34. The molecule has 0 aromatic heterocycles. The Balaban J connectivity index is 2.71. The maximum Gasteiger partial charge on any atom is 0.149 e. The number of nitrogens with zero attached hydrogens (tertiary/aromatic N) is 1. The molecule has 0 amide bonds. The molecule has 0 heterocycles. The largest absolute Gasteiger partial charge is 0.616 e. The van der Waals surface area contributed by atoms with E-state index in [4.69, 9.17) is 16.4 Å². The van der Waals surface area contributed by atoms with Crippen molar-refractivity contribution in [3.63, 3.8) is 0 Å². The van der Waals surface area contributed by atoms with Gasteiger partial charge in [-0.3, -0.25) is 9.59 Å². The molecule has 24 heavy (non-hydrogen) atoms. The summed E-state index contributed by atoms with van der Waals surface area (Å²) < 4.78 is 11.8. The number of halogens is 1. The Morgan fingerprint density at radius 1 is 1.42 bits per heavy atom. The van der Waals surface area contributed by atoms with Crippen LogP contribution in [0.1, 0.15) is 46.5 Å². The van der Waals surface area contributed by atoms with Gasteiger partial charge < -0.3 is 9.39 Å². The van der Waals surface area contributed by atoms with Gasteiger partial charge in [0.15, 0.2) is 0 Å². The van der Waals surface area contributed by atoms with Crippen LogP contribution in [-0.2, 0) is 25.6 Å². The van der Waals surface area contributed by atoms with Gasteiger partial charge in [-0.1, -0.05) is 34.9 Å². The number of hydrogen-bond acceptors (Lipinski definition) is 5. The zero-order chi connectivity index (χ0) is 18.1. The standard InChI is InChI=1S/C17H26ClNO4S/c1-4-14(19-23-8-6-7-18)17-15(20)10-13(11-16(17)21)9-12(3)24(22)5-2/h6-7,12-13,17H,4-5,8-11H2,1-3H3/t12?,13-,17-,24?. The summed E-state index contributed by atoms with van der Waals surface area (Å²) in [5.41, 5.74) is 1.79. The van der Waals surface area contributed by atoms with Crippen LogP contribution in [0.5, 0.6) is 0 Å². The highest BCUT2D eigenvalue weighted by Crippen LogP contribution is 2.30. The summed E-state index contributed by atoms with van der Waals surface area (Å²) in [4.78, 5) is 30.0. The van der Waals surface area contributed by atoms with Crippen LogP contribution in [0, 0.1) is 11.8 Å². The quantitative estimate of drug-likeness (QED) is 0.204. The first kappa shape index (κ1) is 21.2. The fourth-order valence-corrected chi connectivity index (χ4v) is 4.11. The maximum absolute atomic E-state index is 12.5. The highest BCUT2D eigenvalue weighted by atomic mass is 35.5. The Morgan fingerprint density at radius 2 is 2.04 bits per heavy atom. The number of carbonyl (C=O) groups excluding carboxylic acids is 2. The SMILES string of the molecule is CCC(=NOCC=CCl)[C@H]1C(=O)C[C@H](CC(C)[S+]([O-])CC)CC1=O. The Hall–Kier alpha value is -0.850. The predicted molar refractivity (Wildman–Crippen MR) is 97.7 cm³/mol. The molecule has 0 bridgehead atoms. The van der Waals surface area contributed by atoms with Gasteiger partial charge in [-0.05, 0) is 38.7 Å². The van der Waals surface area contributed by atoms with Crippen molar-refractivity contribution in [1.29, 1.82) is 0 Å². The Morgan fingerprint density at radius 3 is 2.54 bits per heavy atom. The van der Waals surface area contributed by atoms with E-state index in [0.717, 1.165) is 0 Å². The summed E-state index contributed by atoms with van der Waals surface area (Å²) in [6.07, 6.45) is 3.37. The van der Waals surface area contributed by atoms with Gasteiger partial charge in [0.05, 0.1) is 5.71 Å². The van der Waals surface area contributed by atoms with Crippen LogP contribution < -0.4 is 0 Å². The molecule has 1 aliphatic carbocycles. The van der Waals surface area contributed by atoms with Gasteiger partial charge in [0, 0.05) is 18.4 Å². The average Bonchev–Trinajstić information content (AvgIpc) is 2.55. The highest BCUT2D eigenvalue weighted by Gasteiger charge is 2.39. The van der Waals surface area contributed by atoms with Crippen molar-refractivity contribution in [2.24, 2.45) is 17.0 Å². The Kier molecular flexibility index (Phi) is 9.63. The van der Waals surface area contributed by atoms with Crippen molar-refractivity contribution in [2.75, 3.05) is 12.4 Å². The molecule has 0 N–H and O–H groups in total. The third-order valence-electron chi connectivity index (χ3n) is 4.16. The summed E-state index contributed by atoms with van der Waals surface area (Å²) >= 11 is 4.49. The summed E-state index contributed by atoms with van der Waals surface area (Å²) in [6, 6.07) is 0. The molecule has 0 radical (unpaired) electrons. The van der Waals surface area contributed by atoms with E-state index in [1.807, 2.05) is 20.8 Å². The highest BCUT2D eigenvalue weighted by molar-refractivity contribution is 7.91. The molecule has 5 nitrogen and oxygen atoms in total. The minimum atomic E-state index is -0.905. The topological polar surface area (TPSA) is 78.8 Å². The van der Waals surface area contributed by atoms with Crippen LogP contribution in [0.4, 0.5) is 0 Å². The van der Waals surface area contributed by atoms with Crippen molar-refractivity contribution in [2.45, 2.75) is 51.7 Å². The van der Waals surface area contributed by atoms with Crippen molar-refractivity contribution >= 4 is 40.1 Å². The molecule has 2 atom stereocenters. The molecule has 7 heteroatoms. The number of Topliss-reactive ketones (excluding diaryl/α,β-unsaturated/α-hetero) is 2. The molecular formula is C17H26ClNO4S. The van der Waals surface area contributed by atoms with E-state index in [2.05, 4.69) is 5.16 Å². The molecule has 136 valence electrons. The van der Waals surface area contributed by atoms with Crippen LogP contribution in [-0.4, -0.2) is 39.4 Å². The minimum absolute atomic E-state index is 0.00198. The van der Waals surface area contributed by atoms with Gasteiger partial charge in [-0.2, -0.15) is 0 Å². The van der Waals surface area contributed by atoms with E-state index in [-0.39, 0.29) is 29.3 Å². The fraction of sp³-hybridized carbons (Fsp3) is 0.706. The average molecular weight is 376 g/mol. The first-order valence-electron chi connectivity index (χ1n) is 8.31. The van der Waals surface area contributed by atoms with Crippen molar-refractivity contribution in [1.82, 2.24) is 0 Å². The molecule has 0 spiro atoms. The minimum Gasteiger partial charge on any atom is -0.616 e. The fourth-order valence-electron chi connectivity index (χ4n) is 2.98. The van der Waals surface area contributed by atoms with Gasteiger partial charge in [0.1, 0.15) is 35.1 Å². The van der Waals surface area contributed by atoms with Crippen LogP contribution in [0.25, 0.3) is 0 Å². The Labute approximate surface area is 152 Å². The number of hydrogen-bond donors (Lipinski definition) is 0. The number of rotatable bonds is 9. The molecule has 0 aromatic carbocycles. The van der Waals surface area contributed by atoms with Crippen LogP contribution in [0.3, 0.4) is 0 Å². The first-order chi connectivity index (χ1) is 11.4. The smallest absolute Gasteiger partial charge is 0.149 e. The van der Waals surface area contributed by atoms with Crippen LogP contribution >= 0.6 is 11.6 Å². The zero-order valence-electron chi connectivity index (χ0n) is 14.5. The lowest BCUT2D eigenvalue weighted by atomic mass is 9.76. The van der Waals surface area contributed by atoms with Crippen molar-refractivity contribution in [3.05, 3.63) is 11.6 Å². The Bertz CT molecular complexity index is 477. The van der Waals surface area contributed by atoms with E-state index in [1.165, 1.54) is 5.54 Å². The molecule has 1 rings (SSSR count). The first-order valence-corrected chi connectivity index (χ1v) is 10.1. The molecule has 1 aliphatic rings. The molecular weight excluding hydrogens is 350 g/mol. The number of carbonyl (C=O) groups is 2. The van der Waals surface area contributed by atoms with E-state index in [0.29, 0.717) is 37.1 Å². The summed E-state index contributed by atoms with van der Waals surface area (Å²) in [7, 11) is 0. The second-order valence-electron chi connectivity index (χ2n) is 5.95. The van der Waals surface area contributed by atoms with Gasteiger partial charge in [-0.25, -0.2) is 0 Å². The lowest BCUT2D eigenvalue weighted by molar-refractivity contribution is -0.134. The number of oxime groups is 1. The van der Waals surface area contributed by atoms with E-state index in [9.17, 15) is 14.1 Å². The third kappa shape index (κ3) is 6.22. The monoisotopic (exact) mass is 375 g/mol. The molecule has 2 unspecified atom stereocenters. The third-order valence-corrected chi connectivity index (χ3v) is 6.00. The van der Waals surface area contributed by atoms with E-state index < -0.39 is 17.1 Å². The van der Waals surface area contributed by atoms with Crippen LogP contribution in [0.2, 0.25) is 0 Å². The molecule has 0 aromatic rings. The lowest BCUT2D eigenvalue weighted by Crippen LogP contribution is -2.40. The maximum atomic E-state index is 12.5. The van der Waals surface area contributed by atoms with Crippen molar-refractivity contribution in [3.8, 4) is 0 Å². The van der Waals surface area contributed by atoms with E-state index in [1.54, 1.807) is 6.08 Å². The molecule has 0 aliphatic heterocycles. The van der Waals surface area contributed by atoms with Gasteiger partial charge >= 0.3 is 0 Å². The van der Waals surface area contributed by atoms with Gasteiger partial charge in [-0.15, -0.1) is 0 Å². The van der Waals surface area contributed by atoms with Gasteiger partial charge in [0.2, 0.25) is 0 Å². The second kappa shape index (κ2) is 10.9. The zero-order valence-corrected chi connectivity index (χ0v) is 16.1. The molecule has 0 saturated heterocycles. The molecule has 1 fully saturated rings. The molecule has 1 saturated carbocycles. The lowest BCUT2D eigenvalue weighted by Gasteiger charge is -2.28. The predicted octanol–water partition coefficient (Wildman–Crippen LogP) is 3.23. The normalized spacial score (nSPS) is 25.1. The summed E-state index contributed by atoms with van der Waals surface area (Å²) in [5.74, 6) is -0.437. The summed E-state index contributed by atoms with van der Waals surface area (Å²) in [6.45, 7) is 5.84. The van der Waals surface area contributed by atoms with E-state index >= 15 is 0 Å². The summed E-state index contributed by atoms with van der Waals surface area (Å²) in [5, 5.41) is 3.95. The van der Waals surface area contributed by atoms with Gasteiger partial charge in [0.25, 0.3) is 0 Å². The van der Waals surface area contributed by atoms with Crippen molar-refractivity contribution < 1.29 is 19.0 Å². The van der Waals surface area contributed by atoms with Crippen LogP contribution in [0.15, 0.2) is 16.8 Å². The number of ketones is 2.